The molecule has 18 heavy (non-hydrogen) atoms. The summed E-state index contributed by atoms with van der Waals surface area (Å²) in [5.41, 5.74) is 1.33. The van der Waals surface area contributed by atoms with Gasteiger partial charge in [0.2, 0.25) is 0 Å². The zero-order valence-corrected chi connectivity index (χ0v) is 9.64. The molecule has 0 amide bonds. The maximum Gasteiger partial charge on any atom is 0.426 e. The van der Waals surface area contributed by atoms with Crippen LogP contribution in [-0.2, 0) is 6.18 Å². The lowest BCUT2D eigenvalue weighted by atomic mass is 10.1. The molecule has 7 heteroatoms. The zero-order valence-electron chi connectivity index (χ0n) is 8.82. The third kappa shape index (κ3) is 1.67. The summed E-state index contributed by atoms with van der Waals surface area (Å²) in [6.07, 6.45) is 0.149. The van der Waals surface area contributed by atoms with Gasteiger partial charge in [0.15, 0.2) is 0 Å². The van der Waals surface area contributed by atoms with Crippen molar-refractivity contribution in [2.24, 2.45) is 0 Å². The third-order valence-corrected chi connectivity index (χ3v) is 3.56. The van der Waals surface area contributed by atoms with E-state index in [0.717, 1.165) is 0 Å². The van der Waals surface area contributed by atoms with Crippen molar-refractivity contribution in [2.45, 2.75) is 6.18 Å². The normalized spacial score (nSPS) is 12.2. The van der Waals surface area contributed by atoms with Gasteiger partial charge in [0.25, 0.3) is 0 Å². The molecule has 3 heterocycles. The van der Waals surface area contributed by atoms with Crippen molar-refractivity contribution in [1.29, 1.82) is 0 Å². The summed E-state index contributed by atoms with van der Waals surface area (Å²) in [7, 11) is 0. The van der Waals surface area contributed by atoms with Crippen LogP contribution in [0.2, 0.25) is 0 Å². The first-order valence-corrected chi connectivity index (χ1v) is 5.88. The number of aromatic amines is 1. The summed E-state index contributed by atoms with van der Waals surface area (Å²) in [6, 6.07) is 1.47. The van der Waals surface area contributed by atoms with E-state index >= 15 is 0 Å². The van der Waals surface area contributed by atoms with Gasteiger partial charge < -0.3 is 4.98 Å². The minimum Gasteiger partial charge on any atom is -0.359 e. The molecule has 0 aliphatic heterocycles. The van der Waals surface area contributed by atoms with E-state index in [2.05, 4.69) is 15.2 Å². The van der Waals surface area contributed by atoms with E-state index in [1.165, 1.54) is 23.8 Å². The number of H-pyrrole nitrogens is 1. The van der Waals surface area contributed by atoms with Gasteiger partial charge >= 0.3 is 6.18 Å². The van der Waals surface area contributed by atoms with Gasteiger partial charge in [-0.1, -0.05) is 0 Å². The number of rotatable bonds is 1. The molecular formula is C11H6F3N3S. The third-order valence-electron chi connectivity index (χ3n) is 2.61. The van der Waals surface area contributed by atoms with Gasteiger partial charge in [-0.25, -0.2) is 0 Å². The van der Waals surface area contributed by atoms with E-state index < -0.39 is 11.1 Å². The Morgan fingerprint density at radius 1 is 1.11 bits per heavy atom. The van der Waals surface area contributed by atoms with Crippen molar-refractivity contribution in [3.05, 3.63) is 34.9 Å². The number of fused-ring (bicyclic) bond motifs is 1. The fourth-order valence-electron chi connectivity index (χ4n) is 1.84. The van der Waals surface area contributed by atoms with E-state index in [-0.39, 0.29) is 5.56 Å². The predicted molar refractivity (Wildman–Crippen MR) is 62.2 cm³/mol. The smallest absolute Gasteiger partial charge is 0.359 e. The monoisotopic (exact) mass is 269 g/mol. The van der Waals surface area contributed by atoms with Crippen molar-refractivity contribution >= 4 is 22.2 Å². The van der Waals surface area contributed by atoms with Crippen LogP contribution in [0, 0.1) is 0 Å². The molecular weight excluding hydrogens is 263 g/mol. The Morgan fingerprint density at radius 3 is 2.67 bits per heavy atom. The van der Waals surface area contributed by atoms with Gasteiger partial charge in [-0.15, -0.1) is 11.3 Å². The molecule has 0 aliphatic rings. The Bertz CT molecular complexity index is 699. The summed E-state index contributed by atoms with van der Waals surface area (Å²) in [5.74, 6) is 0. The van der Waals surface area contributed by atoms with Crippen molar-refractivity contribution in [1.82, 2.24) is 15.2 Å². The largest absolute Gasteiger partial charge is 0.426 e. The Kier molecular flexibility index (Phi) is 2.37. The first-order valence-electron chi connectivity index (χ1n) is 5.00. The summed E-state index contributed by atoms with van der Waals surface area (Å²) in [4.78, 5) is 2.29. The minimum atomic E-state index is -4.34. The summed E-state index contributed by atoms with van der Waals surface area (Å²) in [6.45, 7) is 0. The Hall–Kier alpha value is -1.89. The Labute approximate surface area is 103 Å². The fraction of sp³-hybridized carbons (Fsp3) is 0.0909. The Balaban J connectivity index is 2.25. The van der Waals surface area contributed by atoms with Crippen LogP contribution in [0.4, 0.5) is 13.2 Å². The van der Waals surface area contributed by atoms with E-state index in [1.807, 2.05) is 0 Å². The zero-order chi connectivity index (χ0) is 12.8. The second kappa shape index (κ2) is 3.81. The second-order valence-corrected chi connectivity index (χ2v) is 4.60. The van der Waals surface area contributed by atoms with Gasteiger partial charge in [0, 0.05) is 22.7 Å². The molecule has 1 N–H and O–H groups in total. The molecule has 0 bridgehead atoms. The van der Waals surface area contributed by atoms with E-state index in [1.54, 1.807) is 6.20 Å². The highest BCUT2D eigenvalue weighted by atomic mass is 32.1. The van der Waals surface area contributed by atoms with Crippen LogP contribution in [0.1, 0.15) is 4.88 Å². The molecule has 3 aromatic rings. The molecule has 0 saturated heterocycles. The van der Waals surface area contributed by atoms with Crippen LogP contribution in [-0.4, -0.2) is 15.2 Å². The summed E-state index contributed by atoms with van der Waals surface area (Å²) in [5, 5.41) is 9.45. The number of thiophene rings is 1. The fourth-order valence-corrected chi connectivity index (χ4v) is 2.62. The number of nitrogens with one attached hydrogen (secondary N) is 1. The molecule has 3 rings (SSSR count). The standard InChI is InChI=1S/C11H6F3N3S/c12-11(13,14)10-6(1-2-18-10)7-3-15-9-5-17-16-4-8(7)9/h1-5,15H. The van der Waals surface area contributed by atoms with Crippen LogP contribution in [0.5, 0.6) is 0 Å². The highest BCUT2D eigenvalue weighted by Gasteiger charge is 2.35. The SMILES string of the molecule is FC(F)(F)c1sccc1-c1c[nH]c2cnncc12. The molecule has 0 radical (unpaired) electrons. The highest BCUT2D eigenvalue weighted by Crippen LogP contribution is 2.42. The number of hydrogen-bond acceptors (Lipinski definition) is 3. The lowest BCUT2D eigenvalue weighted by molar-refractivity contribution is -0.133. The summed E-state index contributed by atoms with van der Waals surface area (Å²) >= 11 is 0.688. The molecule has 0 fully saturated rings. The quantitative estimate of drug-likeness (QED) is 0.731. The molecule has 0 spiro atoms. The number of alkyl halides is 3. The van der Waals surface area contributed by atoms with Gasteiger partial charge in [0.1, 0.15) is 4.88 Å². The maximum atomic E-state index is 12.8. The second-order valence-electron chi connectivity index (χ2n) is 3.68. The van der Waals surface area contributed by atoms with Crippen LogP contribution in [0.15, 0.2) is 30.0 Å². The molecule has 0 unspecified atom stereocenters. The maximum absolute atomic E-state index is 12.8. The van der Waals surface area contributed by atoms with Gasteiger partial charge in [-0.05, 0) is 11.4 Å². The molecule has 0 atom stereocenters. The van der Waals surface area contributed by atoms with E-state index in [9.17, 15) is 13.2 Å². The van der Waals surface area contributed by atoms with Crippen LogP contribution in [0.3, 0.4) is 0 Å². The van der Waals surface area contributed by atoms with Crippen LogP contribution >= 0.6 is 11.3 Å². The highest BCUT2D eigenvalue weighted by molar-refractivity contribution is 7.10. The molecule has 92 valence electrons. The van der Waals surface area contributed by atoms with Gasteiger partial charge in [-0.2, -0.15) is 23.4 Å². The van der Waals surface area contributed by atoms with E-state index in [0.29, 0.717) is 27.8 Å². The molecule has 0 aliphatic carbocycles. The van der Waals surface area contributed by atoms with Crippen molar-refractivity contribution < 1.29 is 13.2 Å². The minimum absolute atomic E-state index is 0.173. The number of nitrogens with zero attached hydrogens (tertiary/aromatic N) is 2. The molecule has 3 aromatic heterocycles. The first-order chi connectivity index (χ1) is 8.57. The molecule has 3 nitrogen and oxygen atoms in total. The van der Waals surface area contributed by atoms with Crippen LogP contribution in [0.25, 0.3) is 22.0 Å². The average molecular weight is 269 g/mol. The first kappa shape index (κ1) is 11.2. The summed E-state index contributed by atoms with van der Waals surface area (Å²) < 4.78 is 38.5. The lowest BCUT2D eigenvalue weighted by Crippen LogP contribution is -2.03. The number of halogens is 3. The number of aromatic nitrogens is 3. The van der Waals surface area contributed by atoms with Gasteiger partial charge in [0.05, 0.1) is 17.9 Å². The van der Waals surface area contributed by atoms with Crippen molar-refractivity contribution in [3.8, 4) is 11.1 Å². The van der Waals surface area contributed by atoms with E-state index in [4.69, 9.17) is 0 Å². The van der Waals surface area contributed by atoms with Crippen LogP contribution < -0.4 is 0 Å². The number of hydrogen-bond donors (Lipinski definition) is 1. The predicted octanol–water partition coefficient (Wildman–Crippen LogP) is 3.71. The van der Waals surface area contributed by atoms with Crippen molar-refractivity contribution in [2.75, 3.05) is 0 Å². The topological polar surface area (TPSA) is 41.6 Å². The molecule has 0 aromatic carbocycles. The Morgan fingerprint density at radius 2 is 1.89 bits per heavy atom. The molecule has 0 saturated carbocycles. The lowest BCUT2D eigenvalue weighted by Gasteiger charge is -2.06. The average Bonchev–Trinajstić information content (AvgIpc) is 2.93. The van der Waals surface area contributed by atoms with Crippen molar-refractivity contribution in [3.63, 3.8) is 0 Å². The van der Waals surface area contributed by atoms with Gasteiger partial charge in [-0.3, -0.25) is 0 Å².